The summed E-state index contributed by atoms with van der Waals surface area (Å²) in [5.74, 6) is -1.48. The zero-order valence-electron chi connectivity index (χ0n) is 4.59. The Morgan fingerprint density at radius 1 is 1.67 bits per heavy atom. The minimum absolute atomic E-state index is 0.144. The first-order valence-electron chi connectivity index (χ1n) is 2.16. The molecule has 0 amide bonds. The summed E-state index contributed by atoms with van der Waals surface area (Å²) in [6.45, 7) is 3.04. The lowest BCUT2D eigenvalue weighted by molar-refractivity contribution is -0.158. The Morgan fingerprint density at radius 2 is 2.22 bits per heavy atom. The van der Waals surface area contributed by atoms with Crippen molar-refractivity contribution in [1.82, 2.24) is 0 Å². The van der Waals surface area contributed by atoms with E-state index < -0.39 is 12.0 Å². The molecule has 0 bridgehead atoms. The third kappa shape index (κ3) is 3.40. The van der Waals surface area contributed by atoms with E-state index in [1.54, 1.807) is 0 Å². The highest BCUT2D eigenvalue weighted by molar-refractivity contribution is 6.29. The molecule has 0 heterocycles. The molecule has 0 unspecified atom stereocenters. The van der Waals surface area contributed by atoms with Crippen LogP contribution >= 0.6 is 0 Å². The smallest absolute Gasteiger partial charge is 0.409 e. The molecule has 0 N–H and O–H groups in total. The summed E-state index contributed by atoms with van der Waals surface area (Å²) >= 11 is 0. The van der Waals surface area contributed by atoms with E-state index in [0.717, 1.165) is 0 Å². The molecule has 4 heteroatoms. The Balaban J connectivity index is 3.51. The van der Waals surface area contributed by atoms with Gasteiger partial charge in [-0.05, 0) is 0 Å². The molecule has 0 aromatic carbocycles. The van der Waals surface area contributed by atoms with Crippen LogP contribution in [0, 0.1) is 0 Å². The zero-order valence-corrected chi connectivity index (χ0v) is 4.59. The number of hydrogen-bond acceptors (Lipinski definition) is 3. The predicted molar refractivity (Wildman–Crippen MR) is 27.3 cm³/mol. The van der Waals surface area contributed by atoms with Crippen LogP contribution in [-0.4, -0.2) is 18.6 Å². The molecular weight excluding hydrogens is 127 g/mol. The van der Waals surface area contributed by atoms with Crippen LogP contribution in [0.15, 0.2) is 12.7 Å². The van der Waals surface area contributed by atoms with Gasteiger partial charge in [-0.15, -0.1) is 0 Å². The van der Waals surface area contributed by atoms with Crippen LogP contribution in [0.5, 0.6) is 0 Å². The first kappa shape index (κ1) is 7.81. The maximum absolute atomic E-state index is 11.3. The van der Waals surface area contributed by atoms with Crippen LogP contribution in [0.2, 0.25) is 0 Å². The third-order valence-corrected chi connectivity index (χ3v) is 0.493. The van der Waals surface area contributed by atoms with Crippen molar-refractivity contribution in [2.24, 2.45) is 0 Å². The molecule has 0 rings (SSSR count). The van der Waals surface area contributed by atoms with Crippen molar-refractivity contribution in [3.63, 3.8) is 0 Å². The number of halogens is 1. The molecule has 0 spiro atoms. The summed E-state index contributed by atoms with van der Waals surface area (Å²) in [5, 5.41) is 0. The van der Waals surface area contributed by atoms with E-state index >= 15 is 0 Å². The van der Waals surface area contributed by atoms with E-state index in [4.69, 9.17) is 0 Å². The highest BCUT2D eigenvalue weighted by Crippen LogP contribution is 1.81. The van der Waals surface area contributed by atoms with E-state index in [0.29, 0.717) is 0 Å². The third-order valence-electron chi connectivity index (χ3n) is 0.493. The lowest BCUT2D eigenvalue weighted by atomic mass is 10.7. The van der Waals surface area contributed by atoms with E-state index in [-0.39, 0.29) is 6.61 Å². The van der Waals surface area contributed by atoms with Gasteiger partial charge in [-0.1, -0.05) is 12.7 Å². The zero-order chi connectivity index (χ0) is 7.28. The van der Waals surface area contributed by atoms with Crippen LogP contribution in [0.1, 0.15) is 0 Å². The van der Waals surface area contributed by atoms with E-state index in [2.05, 4.69) is 11.3 Å². The Labute approximate surface area is 51.1 Å². The van der Waals surface area contributed by atoms with Crippen LogP contribution in [0.3, 0.4) is 0 Å². The SMILES string of the molecule is C=CCOC(=O)C(=O)F. The second-order valence-corrected chi connectivity index (χ2v) is 1.16. The molecule has 3 nitrogen and oxygen atoms in total. The van der Waals surface area contributed by atoms with Crippen molar-refractivity contribution in [2.75, 3.05) is 6.61 Å². The molecule has 0 aromatic heterocycles. The van der Waals surface area contributed by atoms with Crippen molar-refractivity contribution >= 4 is 12.0 Å². The number of hydrogen-bond donors (Lipinski definition) is 0. The predicted octanol–water partition coefficient (Wildman–Crippen LogP) is 0.212. The Bertz CT molecular complexity index is 141. The molecule has 50 valence electrons. The molecule has 0 atom stereocenters. The number of ether oxygens (including phenoxy) is 1. The molecule has 0 radical (unpaired) electrons. The van der Waals surface area contributed by atoms with Crippen molar-refractivity contribution in [1.29, 1.82) is 0 Å². The highest BCUT2D eigenvalue weighted by Gasteiger charge is 2.11. The number of rotatable bonds is 3. The molecule has 0 aliphatic rings. The van der Waals surface area contributed by atoms with Crippen LogP contribution in [-0.2, 0) is 14.3 Å². The molecule has 0 saturated carbocycles. The largest absolute Gasteiger partial charge is 0.454 e. The first-order valence-corrected chi connectivity index (χ1v) is 2.16. The average Bonchev–Trinajstić information content (AvgIpc) is 1.82. The Morgan fingerprint density at radius 3 is 2.56 bits per heavy atom. The Hall–Kier alpha value is -1.19. The maximum Gasteiger partial charge on any atom is 0.409 e. The lowest BCUT2D eigenvalue weighted by Crippen LogP contribution is -2.12. The van der Waals surface area contributed by atoms with Gasteiger partial charge < -0.3 is 4.74 Å². The number of esters is 1. The molecule has 0 saturated heterocycles. The van der Waals surface area contributed by atoms with Gasteiger partial charge in [0, 0.05) is 0 Å². The second kappa shape index (κ2) is 3.77. The summed E-state index contributed by atoms with van der Waals surface area (Å²) in [4.78, 5) is 19.4. The average molecular weight is 132 g/mol. The standard InChI is InChI=1S/C5H5FO3/c1-2-3-9-5(8)4(6)7/h2H,1,3H2. The Kier molecular flexibility index (Phi) is 3.27. The van der Waals surface area contributed by atoms with Crippen molar-refractivity contribution in [3.05, 3.63) is 12.7 Å². The van der Waals surface area contributed by atoms with Crippen molar-refractivity contribution in [2.45, 2.75) is 0 Å². The lowest BCUT2D eigenvalue weighted by Gasteiger charge is -1.91. The van der Waals surface area contributed by atoms with E-state index in [1.165, 1.54) is 6.08 Å². The molecule has 0 aliphatic heterocycles. The molecule has 0 aliphatic carbocycles. The maximum atomic E-state index is 11.3. The molecular formula is C5H5FO3. The summed E-state index contributed by atoms with van der Waals surface area (Å²) < 4.78 is 15.2. The molecule has 0 fully saturated rings. The number of carbonyl (C=O) groups excluding carboxylic acids is 2. The van der Waals surface area contributed by atoms with Crippen LogP contribution < -0.4 is 0 Å². The summed E-state index contributed by atoms with van der Waals surface area (Å²) in [6, 6.07) is -2.09. The minimum atomic E-state index is -2.09. The second-order valence-electron chi connectivity index (χ2n) is 1.16. The summed E-state index contributed by atoms with van der Waals surface area (Å²) in [6.07, 6.45) is 1.24. The van der Waals surface area contributed by atoms with E-state index in [1.807, 2.05) is 0 Å². The van der Waals surface area contributed by atoms with Gasteiger partial charge in [-0.2, -0.15) is 4.39 Å². The fourth-order valence-corrected chi connectivity index (χ4v) is 0.191. The first-order chi connectivity index (χ1) is 4.18. The highest BCUT2D eigenvalue weighted by atomic mass is 19.1. The monoisotopic (exact) mass is 132 g/mol. The summed E-state index contributed by atoms with van der Waals surface area (Å²) in [5.41, 5.74) is 0. The topological polar surface area (TPSA) is 43.4 Å². The van der Waals surface area contributed by atoms with Gasteiger partial charge in [0.25, 0.3) is 0 Å². The van der Waals surface area contributed by atoms with Gasteiger partial charge in [-0.25, -0.2) is 9.59 Å². The summed E-state index contributed by atoms with van der Waals surface area (Å²) in [7, 11) is 0. The van der Waals surface area contributed by atoms with Gasteiger partial charge in [-0.3, -0.25) is 0 Å². The van der Waals surface area contributed by atoms with Crippen molar-refractivity contribution < 1.29 is 18.7 Å². The fraction of sp³-hybridized carbons (Fsp3) is 0.200. The van der Waals surface area contributed by atoms with Gasteiger partial charge in [0.2, 0.25) is 0 Å². The van der Waals surface area contributed by atoms with Gasteiger partial charge >= 0.3 is 12.0 Å². The normalized spacial score (nSPS) is 8.11. The minimum Gasteiger partial charge on any atom is -0.454 e. The van der Waals surface area contributed by atoms with Crippen LogP contribution in [0.25, 0.3) is 0 Å². The molecule has 0 aromatic rings. The van der Waals surface area contributed by atoms with Gasteiger partial charge in [0.05, 0.1) is 0 Å². The number of carbonyl (C=O) groups is 2. The van der Waals surface area contributed by atoms with Crippen molar-refractivity contribution in [3.8, 4) is 0 Å². The van der Waals surface area contributed by atoms with Gasteiger partial charge in [0.15, 0.2) is 0 Å². The quantitative estimate of drug-likeness (QED) is 0.238. The fourth-order valence-electron chi connectivity index (χ4n) is 0.191. The molecule has 9 heavy (non-hydrogen) atoms. The van der Waals surface area contributed by atoms with E-state index in [9.17, 15) is 14.0 Å². The van der Waals surface area contributed by atoms with Crippen LogP contribution in [0.4, 0.5) is 4.39 Å². The van der Waals surface area contributed by atoms with Gasteiger partial charge in [0.1, 0.15) is 6.61 Å².